The molecule has 1 aromatic heterocycles. The van der Waals surface area contributed by atoms with Crippen molar-refractivity contribution in [3.63, 3.8) is 0 Å². The fraction of sp³-hybridized carbons (Fsp3) is 0.211. The minimum Gasteiger partial charge on any atom is -0.496 e. The van der Waals surface area contributed by atoms with Crippen molar-refractivity contribution in [3.8, 4) is 17.2 Å². The van der Waals surface area contributed by atoms with Crippen LogP contribution in [-0.2, 0) is 6.54 Å². The lowest BCUT2D eigenvalue weighted by atomic mass is 10.1. The fourth-order valence-electron chi connectivity index (χ4n) is 2.78. The summed E-state index contributed by atoms with van der Waals surface area (Å²) >= 11 is 0. The van der Waals surface area contributed by atoms with E-state index < -0.39 is 5.91 Å². The van der Waals surface area contributed by atoms with Crippen molar-refractivity contribution in [1.82, 2.24) is 15.5 Å². The van der Waals surface area contributed by atoms with Crippen molar-refractivity contribution in [3.05, 3.63) is 58.0 Å². The van der Waals surface area contributed by atoms with Crippen LogP contribution in [0.15, 0.2) is 41.2 Å². The van der Waals surface area contributed by atoms with E-state index in [1.54, 1.807) is 36.4 Å². The van der Waals surface area contributed by atoms with Crippen molar-refractivity contribution in [2.75, 3.05) is 21.3 Å². The van der Waals surface area contributed by atoms with E-state index in [0.29, 0.717) is 33.6 Å². The Balaban J connectivity index is 1.89. The standard InChI is InChI=1S/C19H19N3O5/c1-25-14-9-16(27-3)15(26-2)8-11(14)10-20-19(24)17-12-6-4-5-7-13(12)18(23)22-21-17/h4-9H,10H2,1-3H3,(H,20,24)(H,22,23). The van der Waals surface area contributed by atoms with Gasteiger partial charge in [0.05, 0.1) is 26.7 Å². The van der Waals surface area contributed by atoms with Gasteiger partial charge in [-0.25, -0.2) is 5.10 Å². The van der Waals surface area contributed by atoms with Gasteiger partial charge in [0.2, 0.25) is 0 Å². The number of carbonyl (C=O) groups is 1. The van der Waals surface area contributed by atoms with Crippen LogP contribution in [0.4, 0.5) is 0 Å². The Morgan fingerprint density at radius 1 is 1.00 bits per heavy atom. The molecule has 1 heterocycles. The molecule has 140 valence electrons. The topological polar surface area (TPSA) is 103 Å². The molecule has 0 unspecified atom stereocenters. The molecule has 3 rings (SSSR count). The van der Waals surface area contributed by atoms with Gasteiger partial charge in [-0.15, -0.1) is 0 Å². The summed E-state index contributed by atoms with van der Waals surface area (Å²) in [6.45, 7) is 0.178. The molecular formula is C19H19N3O5. The van der Waals surface area contributed by atoms with Gasteiger partial charge >= 0.3 is 0 Å². The van der Waals surface area contributed by atoms with Crippen LogP contribution in [-0.4, -0.2) is 37.4 Å². The van der Waals surface area contributed by atoms with Gasteiger partial charge in [0.25, 0.3) is 11.5 Å². The minimum absolute atomic E-state index is 0.143. The molecular weight excluding hydrogens is 350 g/mol. The zero-order valence-corrected chi connectivity index (χ0v) is 15.2. The zero-order valence-electron chi connectivity index (χ0n) is 15.2. The van der Waals surface area contributed by atoms with Crippen LogP contribution < -0.4 is 25.1 Å². The minimum atomic E-state index is -0.417. The summed E-state index contributed by atoms with van der Waals surface area (Å²) in [4.78, 5) is 24.5. The number of amides is 1. The molecule has 8 heteroatoms. The summed E-state index contributed by atoms with van der Waals surface area (Å²) in [5.74, 6) is 1.18. The lowest BCUT2D eigenvalue weighted by molar-refractivity contribution is 0.0946. The third-order valence-electron chi connectivity index (χ3n) is 4.14. The molecule has 0 spiro atoms. The normalized spacial score (nSPS) is 10.5. The molecule has 8 nitrogen and oxygen atoms in total. The van der Waals surface area contributed by atoms with Gasteiger partial charge in [-0.3, -0.25) is 9.59 Å². The number of ether oxygens (including phenoxy) is 3. The highest BCUT2D eigenvalue weighted by atomic mass is 16.5. The number of methoxy groups -OCH3 is 3. The van der Waals surface area contributed by atoms with Gasteiger partial charge in [-0.1, -0.05) is 18.2 Å². The van der Waals surface area contributed by atoms with Gasteiger partial charge in [0.1, 0.15) is 5.75 Å². The Morgan fingerprint density at radius 3 is 2.30 bits per heavy atom. The summed E-state index contributed by atoms with van der Waals surface area (Å²) in [5, 5.41) is 9.93. The number of hydrogen-bond donors (Lipinski definition) is 2. The van der Waals surface area contributed by atoms with E-state index >= 15 is 0 Å². The highest BCUT2D eigenvalue weighted by Gasteiger charge is 2.16. The first-order valence-corrected chi connectivity index (χ1v) is 8.13. The molecule has 0 aliphatic heterocycles. The largest absolute Gasteiger partial charge is 0.496 e. The summed E-state index contributed by atoms with van der Waals surface area (Å²) in [7, 11) is 4.60. The van der Waals surface area contributed by atoms with E-state index in [1.807, 2.05) is 0 Å². The first kappa shape index (κ1) is 18.2. The molecule has 3 aromatic rings. The quantitative estimate of drug-likeness (QED) is 0.688. The van der Waals surface area contributed by atoms with Gasteiger partial charge in [-0.2, -0.15) is 5.10 Å². The van der Waals surface area contributed by atoms with E-state index in [4.69, 9.17) is 14.2 Å². The summed E-state index contributed by atoms with van der Waals surface area (Å²) in [6, 6.07) is 10.2. The molecule has 0 saturated carbocycles. The third kappa shape index (κ3) is 3.55. The Bertz CT molecular complexity index is 1050. The molecule has 0 fully saturated rings. The number of aromatic amines is 1. The van der Waals surface area contributed by atoms with E-state index in [1.165, 1.54) is 21.3 Å². The number of carbonyl (C=O) groups excluding carboxylic acids is 1. The lowest BCUT2D eigenvalue weighted by Crippen LogP contribution is -2.26. The van der Waals surface area contributed by atoms with E-state index in [2.05, 4.69) is 15.5 Å². The molecule has 0 aliphatic rings. The maximum absolute atomic E-state index is 12.6. The second kappa shape index (κ2) is 7.77. The van der Waals surface area contributed by atoms with Crippen LogP contribution in [0.25, 0.3) is 10.8 Å². The van der Waals surface area contributed by atoms with Crippen molar-refractivity contribution < 1.29 is 19.0 Å². The number of hydrogen-bond acceptors (Lipinski definition) is 6. The number of aromatic nitrogens is 2. The first-order valence-electron chi connectivity index (χ1n) is 8.13. The smallest absolute Gasteiger partial charge is 0.272 e. The highest BCUT2D eigenvalue weighted by molar-refractivity contribution is 6.04. The maximum Gasteiger partial charge on any atom is 0.272 e. The number of nitrogens with one attached hydrogen (secondary N) is 2. The van der Waals surface area contributed by atoms with Gasteiger partial charge in [0, 0.05) is 23.6 Å². The first-order chi connectivity index (χ1) is 13.1. The van der Waals surface area contributed by atoms with Crippen molar-refractivity contribution in [1.29, 1.82) is 0 Å². The zero-order chi connectivity index (χ0) is 19.4. The molecule has 0 aliphatic carbocycles. The van der Waals surface area contributed by atoms with Crippen LogP contribution in [0.1, 0.15) is 16.1 Å². The molecule has 2 aromatic carbocycles. The monoisotopic (exact) mass is 369 g/mol. The van der Waals surface area contributed by atoms with Crippen LogP contribution in [0.2, 0.25) is 0 Å². The van der Waals surface area contributed by atoms with Gasteiger partial charge in [-0.05, 0) is 12.1 Å². The molecule has 1 amide bonds. The number of H-pyrrole nitrogens is 1. The Labute approximate surface area is 155 Å². The summed E-state index contributed by atoms with van der Waals surface area (Å²) in [5.41, 5.74) is 0.505. The Hall–Kier alpha value is -3.55. The number of benzene rings is 2. The van der Waals surface area contributed by atoms with Crippen LogP contribution in [0.3, 0.4) is 0 Å². The Morgan fingerprint density at radius 2 is 1.63 bits per heavy atom. The van der Waals surface area contributed by atoms with Crippen LogP contribution >= 0.6 is 0 Å². The Kier molecular flexibility index (Phi) is 5.25. The predicted octanol–water partition coefficient (Wildman–Crippen LogP) is 1.88. The summed E-state index contributed by atoms with van der Waals surface area (Å²) in [6.07, 6.45) is 0. The SMILES string of the molecule is COc1cc(OC)c(OC)cc1CNC(=O)c1n[nH]c(=O)c2ccccc12. The average Bonchev–Trinajstić information content (AvgIpc) is 2.71. The molecule has 2 N–H and O–H groups in total. The van der Waals surface area contributed by atoms with Crippen molar-refractivity contribution in [2.24, 2.45) is 0 Å². The predicted molar refractivity (Wildman–Crippen MR) is 99.6 cm³/mol. The lowest BCUT2D eigenvalue weighted by Gasteiger charge is -2.14. The van der Waals surface area contributed by atoms with E-state index in [9.17, 15) is 9.59 Å². The average molecular weight is 369 g/mol. The fourth-order valence-corrected chi connectivity index (χ4v) is 2.78. The maximum atomic E-state index is 12.6. The molecule has 0 atom stereocenters. The number of nitrogens with zero attached hydrogens (tertiary/aromatic N) is 1. The summed E-state index contributed by atoms with van der Waals surface area (Å²) < 4.78 is 15.9. The second-order valence-electron chi connectivity index (χ2n) is 5.65. The molecule has 0 radical (unpaired) electrons. The van der Waals surface area contributed by atoms with Crippen LogP contribution in [0, 0.1) is 0 Å². The van der Waals surface area contributed by atoms with Gasteiger partial charge < -0.3 is 19.5 Å². The van der Waals surface area contributed by atoms with Crippen LogP contribution in [0.5, 0.6) is 17.2 Å². The number of fused-ring (bicyclic) bond motifs is 1. The molecule has 27 heavy (non-hydrogen) atoms. The van der Waals surface area contributed by atoms with Crippen molar-refractivity contribution >= 4 is 16.7 Å². The third-order valence-corrected chi connectivity index (χ3v) is 4.14. The van der Waals surface area contributed by atoms with E-state index in [-0.39, 0.29) is 17.8 Å². The highest BCUT2D eigenvalue weighted by Crippen LogP contribution is 2.34. The second-order valence-corrected chi connectivity index (χ2v) is 5.65. The molecule has 0 bridgehead atoms. The van der Waals surface area contributed by atoms with Gasteiger partial charge in [0.15, 0.2) is 17.2 Å². The number of rotatable bonds is 6. The van der Waals surface area contributed by atoms with E-state index in [0.717, 1.165) is 0 Å². The molecule has 0 saturated heterocycles. The van der Waals surface area contributed by atoms with Crippen molar-refractivity contribution in [2.45, 2.75) is 6.54 Å².